The summed E-state index contributed by atoms with van der Waals surface area (Å²) in [5.41, 5.74) is -0.0847. The number of carbonyl (C=O) groups is 1. The Labute approximate surface area is 134 Å². The summed E-state index contributed by atoms with van der Waals surface area (Å²) in [6.45, 7) is 0. The molecule has 8 heteroatoms. The van der Waals surface area contributed by atoms with Gasteiger partial charge in [0.05, 0.1) is 4.92 Å². The maximum Gasteiger partial charge on any atom is 0.292 e. The van der Waals surface area contributed by atoms with E-state index in [1.807, 2.05) is 0 Å². The molecule has 1 N–H and O–H groups in total. The van der Waals surface area contributed by atoms with E-state index in [1.165, 1.54) is 24.3 Å². The first-order valence-corrected chi connectivity index (χ1v) is 7.57. The average Bonchev–Trinajstić information content (AvgIpc) is 2.50. The van der Waals surface area contributed by atoms with Crippen LogP contribution in [0.3, 0.4) is 0 Å². The molecule has 120 valence electrons. The van der Waals surface area contributed by atoms with Crippen LogP contribution in [-0.2, 0) is 4.79 Å². The van der Waals surface area contributed by atoms with E-state index in [1.54, 1.807) is 6.07 Å². The van der Waals surface area contributed by atoms with Crippen molar-refractivity contribution in [3.8, 4) is 0 Å². The third kappa shape index (κ3) is 4.75. The lowest BCUT2D eigenvalue weighted by atomic mass is 10.2. The molecule has 0 aliphatic carbocycles. The smallest absolute Gasteiger partial charge is 0.292 e. The number of nitrogens with zero attached hydrogens (tertiary/aromatic N) is 1. The number of thioether (sulfide) groups is 1. The van der Waals surface area contributed by atoms with Gasteiger partial charge in [-0.1, -0.05) is 12.1 Å². The highest BCUT2D eigenvalue weighted by molar-refractivity contribution is 7.99. The molecule has 2 aromatic rings. The molecule has 0 aliphatic heterocycles. The second-order valence-corrected chi connectivity index (χ2v) is 5.63. The number of nitro groups is 1. The fourth-order valence-electron chi connectivity index (χ4n) is 1.80. The minimum absolute atomic E-state index is 0.0352. The number of anilines is 1. The summed E-state index contributed by atoms with van der Waals surface area (Å²) in [5, 5.41) is 13.3. The predicted octanol–water partition coefficient (Wildman–Crippen LogP) is 3.99. The number of benzene rings is 2. The summed E-state index contributed by atoms with van der Waals surface area (Å²) in [6, 6.07) is 9.01. The van der Waals surface area contributed by atoms with Crippen molar-refractivity contribution < 1.29 is 18.5 Å². The van der Waals surface area contributed by atoms with Crippen LogP contribution < -0.4 is 5.32 Å². The highest BCUT2D eigenvalue weighted by Crippen LogP contribution is 2.25. The molecule has 0 radical (unpaired) electrons. The van der Waals surface area contributed by atoms with Gasteiger partial charge in [-0.2, -0.15) is 0 Å². The summed E-state index contributed by atoms with van der Waals surface area (Å²) >= 11 is 1.07. The number of para-hydroxylation sites is 2. The van der Waals surface area contributed by atoms with Crippen LogP contribution in [0.1, 0.15) is 6.42 Å². The molecule has 0 saturated heterocycles. The molecule has 2 rings (SSSR count). The lowest BCUT2D eigenvalue weighted by molar-refractivity contribution is -0.383. The zero-order chi connectivity index (χ0) is 16.8. The minimum Gasteiger partial charge on any atom is -0.320 e. The number of hydrogen-bond donors (Lipinski definition) is 1. The summed E-state index contributed by atoms with van der Waals surface area (Å²) < 4.78 is 26.2. The number of rotatable bonds is 6. The molecule has 0 bridgehead atoms. The van der Waals surface area contributed by atoms with Crippen molar-refractivity contribution in [1.82, 2.24) is 0 Å². The predicted molar refractivity (Wildman–Crippen MR) is 83.4 cm³/mol. The highest BCUT2D eigenvalue weighted by Gasteiger charge is 2.14. The van der Waals surface area contributed by atoms with Crippen LogP contribution in [0.25, 0.3) is 0 Å². The van der Waals surface area contributed by atoms with Crippen LogP contribution in [0, 0.1) is 21.7 Å². The lowest BCUT2D eigenvalue weighted by Crippen LogP contribution is -2.13. The first-order valence-electron chi connectivity index (χ1n) is 6.58. The second-order valence-electron chi connectivity index (χ2n) is 4.50. The van der Waals surface area contributed by atoms with Crippen molar-refractivity contribution in [2.75, 3.05) is 11.1 Å². The van der Waals surface area contributed by atoms with Crippen LogP contribution in [-0.4, -0.2) is 16.6 Å². The molecule has 23 heavy (non-hydrogen) atoms. The third-order valence-corrected chi connectivity index (χ3v) is 3.91. The van der Waals surface area contributed by atoms with Crippen molar-refractivity contribution >= 4 is 29.0 Å². The first kappa shape index (κ1) is 16.9. The van der Waals surface area contributed by atoms with Gasteiger partial charge in [-0.15, -0.1) is 11.8 Å². The largest absolute Gasteiger partial charge is 0.320 e. The van der Waals surface area contributed by atoms with E-state index in [9.17, 15) is 23.7 Å². The summed E-state index contributed by atoms with van der Waals surface area (Å²) in [5.74, 6) is -1.51. The first-order chi connectivity index (χ1) is 11.0. The monoisotopic (exact) mass is 338 g/mol. The van der Waals surface area contributed by atoms with E-state index in [0.717, 1.165) is 23.9 Å². The van der Waals surface area contributed by atoms with E-state index >= 15 is 0 Å². The van der Waals surface area contributed by atoms with E-state index in [-0.39, 0.29) is 28.4 Å². The van der Waals surface area contributed by atoms with Crippen LogP contribution >= 0.6 is 11.8 Å². The maximum atomic E-state index is 13.4. The van der Waals surface area contributed by atoms with Gasteiger partial charge >= 0.3 is 0 Å². The molecule has 0 fully saturated rings. The molecule has 0 heterocycles. The Morgan fingerprint density at radius 1 is 1.22 bits per heavy atom. The van der Waals surface area contributed by atoms with Crippen LogP contribution in [0.5, 0.6) is 0 Å². The van der Waals surface area contributed by atoms with Gasteiger partial charge in [0, 0.05) is 29.2 Å². The Kier molecular flexibility index (Phi) is 5.64. The SMILES string of the molecule is O=C(CCSc1ccc(F)cc1F)Nc1ccccc1[N+](=O)[O-]. The van der Waals surface area contributed by atoms with E-state index in [2.05, 4.69) is 5.32 Å². The number of halogens is 2. The Morgan fingerprint density at radius 3 is 2.65 bits per heavy atom. The molecule has 0 spiro atoms. The molecule has 0 aromatic heterocycles. The highest BCUT2D eigenvalue weighted by atomic mass is 32.2. The van der Waals surface area contributed by atoms with Gasteiger partial charge in [0.25, 0.3) is 5.69 Å². The molecule has 0 unspecified atom stereocenters. The van der Waals surface area contributed by atoms with E-state index < -0.39 is 22.5 Å². The van der Waals surface area contributed by atoms with Gasteiger partial charge in [-0.3, -0.25) is 14.9 Å². The number of nitro benzene ring substituents is 1. The zero-order valence-electron chi connectivity index (χ0n) is 11.8. The Hall–Kier alpha value is -2.48. The molecule has 5 nitrogen and oxygen atoms in total. The summed E-state index contributed by atoms with van der Waals surface area (Å²) in [7, 11) is 0. The topological polar surface area (TPSA) is 72.2 Å². The molecule has 0 aliphatic rings. The number of amides is 1. The Balaban J connectivity index is 1.90. The Bertz CT molecular complexity index is 740. The molecular formula is C15H12F2N2O3S. The van der Waals surface area contributed by atoms with Crippen LogP contribution in [0.15, 0.2) is 47.4 Å². The Morgan fingerprint density at radius 2 is 1.96 bits per heavy atom. The summed E-state index contributed by atoms with van der Waals surface area (Å²) in [6.07, 6.45) is 0.0352. The second kappa shape index (κ2) is 7.68. The molecule has 0 saturated carbocycles. The molecule has 1 amide bonds. The average molecular weight is 338 g/mol. The van der Waals surface area contributed by atoms with Gasteiger partial charge in [0.15, 0.2) is 0 Å². The normalized spacial score (nSPS) is 10.3. The van der Waals surface area contributed by atoms with Crippen LogP contribution in [0.2, 0.25) is 0 Å². The van der Waals surface area contributed by atoms with Crippen molar-refractivity contribution in [3.63, 3.8) is 0 Å². The van der Waals surface area contributed by atoms with E-state index in [0.29, 0.717) is 0 Å². The van der Waals surface area contributed by atoms with Crippen molar-refractivity contribution in [3.05, 3.63) is 64.2 Å². The maximum absolute atomic E-state index is 13.4. The fraction of sp³-hybridized carbons (Fsp3) is 0.133. The van der Waals surface area contributed by atoms with Gasteiger partial charge in [0.1, 0.15) is 17.3 Å². The third-order valence-electron chi connectivity index (χ3n) is 2.86. The van der Waals surface area contributed by atoms with Crippen molar-refractivity contribution in [2.45, 2.75) is 11.3 Å². The van der Waals surface area contributed by atoms with Crippen molar-refractivity contribution in [1.29, 1.82) is 0 Å². The lowest BCUT2D eigenvalue weighted by Gasteiger charge is -2.06. The molecular weight excluding hydrogens is 326 g/mol. The minimum atomic E-state index is -0.686. The van der Waals surface area contributed by atoms with Gasteiger partial charge in [0.2, 0.25) is 5.91 Å². The zero-order valence-corrected chi connectivity index (χ0v) is 12.6. The number of carbonyl (C=O) groups excluding carboxylic acids is 1. The van der Waals surface area contributed by atoms with E-state index in [4.69, 9.17) is 0 Å². The molecule has 0 atom stereocenters. The number of hydrogen-bond acceptors (Lipinski definition) is 4. The standard InChI is InChI=1S/C15H12F2N2O3S/c16-10-5-6-14(11(17)9-10)23-8-7-15(20)18-12-3-1-2-4-13(12)19(21)22/h1-6,9H,7-8H2,(H,18,20). The van der Waals surface area contributed by atoms with Crippen LogP contribution in [0.4, 0.5) is 20.2 Å². The number of nitrogens with one attached hydrogen (secondary N) is 1. The quantitative estimate of drug-likeness (QED) is 0.491. The van der Waals surface area contributed by atoms with Gasteiger partial charge in [-0.25, -0.2) is 8.78 Å². The van der Waals surface area contributed by atoms with Gasteiger partial charge in [-0.05, 0) is 18.2 Å². The van der Waals surface area contributed by atoms with Crippen molar-refractivity contribution in [2.24, 2.45) is 0 Å². The summed E-state index contributed by atoms with van der Waals surface area (Å²) in [4.78, 5) is 22.3. The fourth-order valence-corrected chi connectivity index (χ4v) is 2.67. The van der Waals surface area contributed by atoms with Gasteiger partial charge < -0.3 is 5.32 Å². The molecule has 2 aromatic carbocycles.